The topological polar surface area (TPSA) is 98.6 Å². The minimum Gasteiger partial charge on any atom is -0.443 e. The molecule has 0 spiro atoms. The monoisotopic (exact) mass is 573 g/mol. The lowest BCUT2D eigenvalue weighted by molar-refractivity contribution is -0.131. The molecule has 1 unspecified atom stereocenters. The van der Waals surface area contributed by atoms with Crippen LogP contribution in [0.2, 0.25) is 0 Å². The van der Waals surface area contributed by atoms with E-state index in [0.29, 0.717) is 19.4 Å². The Bertz CT molecular complexity index is 1720. The van der Waals surface area contributed by atoms with E-state index < -0.39 is 26.9 Å². The van der Waals surface area contributed by atoms with Gasteiger partial charge in [0.25, 0.3) is 0 Å². The molecule has 2 aromatic heterocycles. The van der Waals surface area contributed by atoms with E-state index in [-0.39, 0.29) is 17.3 Å². The van der Waals surface area contributed by atoms with Crippen LogP contribution in [-0.4, -0.2) is 53.3 Å². The number of carbonyl (C=O) groups excluding carboxylic acids is 2. The summed E-state index contributed by atoms with van der Waals surface area (Å²) in [6.45, 7) is 8.21. The van der Waals surface area contributed by atoms with Crippen molar-refractivity contribution in [2.24, 2.45) is 0 Å². The van der Waals surface area contributed by atoms with Crippen molar-refractivity contribution in [1.82, 2.24) is 14.5 Å². The molecule has 214 valence electrons. The summed E-state index contributed by atoms with van der Waals surface area (Å²) in [5.41, 5.74) is 3.14. The van der Waals surface area contributed by atoms with Gasteiger partial charge in [0.05, 0.1) is 10.3 Å². The van der Waals surface area contributed by atoms with Crippen LogP contribution in [0.25, 0.3) is 10.9 Å². The first-order valence-electron chi connectivity index (χ1n) is 13.6. The van der Waals surface area contributed by atoms with Crippen LogP contribution in [0.5, 0.6) is 0 Å². The fourth-order valence-corrected chi connectivity index (χ4v) is 6.22. The number of hydrogen-bond acceptors (Lipinski definition) is 6. The predicted molar refractivity (Wildman–Crippen MR) is 158 cm³/mol. The summed E-state index contributed by atoms with van der Waals surface area (Å²) >= 11 is 0. The van der Waals surface area contributed by atoms with E-state index in [2.05, 4.69) is 21.8 Å². The molecule has 3 heterocycles. The normalized spacial score (nSPS) is 17.8. The maximum atomic E-state index is 14.1. The molecule has 5 rings (SSSR count). The summed E-state index contributed by atoms with van der Waals surface area (Å²) in [6.07, 6.45) is 6.94. The van der Waals surface area contributed by atoms with Crippen molar-refractivity contribution in [2.75, 3.05) is 12.8 Å². The van der Waals surface area contributed by atoms with E-state index in [0.717, 1.165) is 33.2 Å². The third-order valence-corrected chi connectivity index (χ3v) is 8.75. The number of aromatic nitrogens is 2. The van der Waals surface area contributed by atoms with Gasteiger partial charge >= 0.3 is 6.09 Å². The molecule has 0 N–H and O–H groups in total. The minimum absolute atomic E-state index is 0.267. The lowest BCUT2D eigenvalue weighted by Gasteiger charge is -2.29. The van der Waals surface area contributed by atoms with Crippen LogP contribution in [-0.2, 0) is 37.7 Å². The molecule has 1 aliphatic heterocycles. The summed E-state index contributed by atoms with van der Waals surface area (Å²) < 4.78 is 31.5. The number of hydrogen-bond donors (Lipinski definition) is 0. The molecule has 1 saturated heterocycles. The molecular formula is C32H35N3O5S. The molecule has 0 bridgehead atoms. The lowest BCUT2D eigenvalue weighted by Crippen LogP contribution is -2.44. The van der Waals surface area contributed by atoms with Crippen LogP contribution in [0, 0.1) is 6.92 Å². The first-order valence-corrected chi connectivity index (χ1v) is 15.5. The maximum absolute atomic E-state index is 14.1. The van der Waals surface area contributed by atoms with E-state index >= 15 is 0 Å². The molecule has 2 aromatic carbocycles. The second-order valence-electron chi connectivity index (χ2n) is 11.9. The summed E-state index contributed by atoms with van der Waals surface area (Å²) in [5, 5.41) is 1.06. The zero-order valence-corrected chi connectivity index (χ0v) is 24.9. The van der Waals surface area contributed by atoms with Gasteiger partial charge in [-0.3, -0.25) is 9.78 Å². The average molecular weight is 574 g/mol. The Balaban J connectivity index is 1.56. The molecule has 1 fully saturated rings. The van der Waals surface area contributed by atoms with Gasteiger partial charge in [-0.25, -0.2) is 18.1 Å². The molecule has 0 radical (unpaired) electrons. The highest BCUT2D eigenvalue weighted by Crippen LogP contribution is 2.41. The Labute approximate surface area is 240 Å². The van der Waals surface area contributed by atoms with Crippen molar-refractivity contribution in [3.63, 3.8) is 0 Å². The van der Waals surface area contributed by atoms with Crippen LogP contribution in [0.1, 0.15) is 49.4 Å². The fraction of sp³-hybridized carbons (Fsp3) is 0.344. The standard InChI is InChI=1S/C32H35N3O5S/c1-22-20-34(21-24-6-9-26(10-7-24)41(5,38)39)28-18-25(8-11-27(22)28)32(19-23-12-15-33-16-13-23)14-17-35(29(32)36)30(37)40-31(2,3)4/h6-13,15-16,18,20H,14,17,19,21H2,1-5H3. The molecule has 2 amide bonds. The number of fused-ring (bicyclic) bond motifs is 1. The van der Waals surface area contributed by atoms with Gasteiger partial charge < -0.3 is 9.30 Å². The molecule has 0 saturated carbocycles. The number of pyridine rings is 1. The summed E-state index contributed by atoms with van der Waals surface area (Å²) in [4.78, 5) is 32.8. The SMILES string of the molecule is Cc1cn(Cc2ccc(S(C)(=O)=O)cc2)c2cc(C3(Cc4ccncc4)CCN(C(=O)OC(C)(C)C)C3=O)ccc12. The molecular weight excluding hydrogens is 538 g/mol. The molecule has 8 nitrogen and oxygen atoms in total. The number of ether oxygens (including phenoxy) is 1. The van der Waals surface area contributed by atoms with Crippen molar-refractivity contribution < 1.29 is 22.7 Å². The number of benzene rings is 2. The van der Waals surface area contributed by atoms with Crippen molar-refractivity contribution in [2.45, 2.75) is 63.0 Å². The van der Waals surface area contributed by atoms with Crippen LogP contribution >= 0.6 is 0 Å². The number of sulfone groups is 1. The zero-order valence-electron chi connectivity index (χ0n) is 24.0. The summed E-state index contributed by atoms with van der Waals surface area (Å²) in [7, 11) is -3.28. The number of aryl methyl sites for hydroxylation is 1. The fourth-order valence-electron chi connectivity index (χ4n) is 5.59. The van der Waals surface area contributed by atoms with Gasteiger partial charge in [-0.15, -0.1) is 0 Å². The Morgan fingerprint density at radius 2 is 1.71 bits per heavy atom. The Kier molecular flexibility index (Phi) is 7.27. The lowest BCUT2D eigenvalue weighted by atomic mass is 9.74. The molecule has 0 aliphatic carbocycles. The van der Waals surface area contributed by atoms with Crippen molar-refractivity contribution in [3.05, 3.63) is 95.4 Å². The molecule has 9 heteroatoms. The smallest absolute Gasteiger partial charge is 0.417 e. The van der Waals surface area contributed by atoms with Crippen LogP contribution in [0.4, 0.5) is 4.79 Å². The first-order chi connectivity index (χ1) is 19.3. The second-order valence-corrected chi connectivity index (χ2v) is 13.9. The Morgan fingerprint density at radius 1 is 1.02 bits per heavy atom. The number of likely N-dealkylation sites (tertiary alicyclic amines) is 1. The highest BCUT2D eigenvalue weighted by Gasteiger charge is 2.51. The first kappa shape index (κ1) is 28.5. The minimum atomic E-state index is -3.28. The molecule has 1 aliphatic rings. The number of nitrogens with zero attached hydrogens (tertiary/aromatic N) is 3. The Hall–Kier alpha value is -3.98. The third kappa shape index (κ3) is 5.77. The van der Waals surface area contributed by atoms with E-state index in [1.165, 1.54) is 11.2 Å². The van der Waals surface area contributed by atoms with Crippen LogP contribution in [0.15, 0.2) is 78.1 Å². The van der Waals surface area contributed by atoms with Crippen LogP contribution in [0.3, 0.4) is 0 Å². The highest BCUT2D eigenvalue weighted by molar-refractivity contribution is 7.90. The molecule has 4 aromatic rings. The van der Waals surface area contributed by atoms with Crippen molar-refractivity contribution in [3.8, 4) is 0 Å². The Morgan fingerprint density at radius 3 is 2.34 bits per heavy atom. The number of carbonyl (C=O) groups is 2. The van der Waals surface area contributed by atoms with Gasteiger partial charge in [0, 0.05) is 48.8 Å². The summed E-state index contributed by atoms with van der Waals surface area (Å²) in [5.74, 6) is -0.269. The third-order valence-electron chi connectivity index (χ3n) is 7.62. The van der Waals surface area contributed by atoms with E-state index in [1.54, 1.807) is 45.3 Å². The largest absolute Gasteiger partial charge is 0.443 e. The van der Waals surface area contributed by atoms with E-state index in [4.69, 9.17) is 4.74 Å². The van der Waals surface area contributed by atoms with E-state index in [1.807, 2.05) is 43.3 Å². The number of rotatable bonds is 6. The van der Waals surface area contributed by atoms with Gasteiger partial charge in [0.1, 0.15) is 5.60 Å². The van der Waals surface area contributed by atoms with Gasteiger partial charge in [0.15, 0.2) is 9.84 Å². The highest BCUT2D eigenvalue weighted by atomic mass is 32.2. The maximum Gasteiger partial charge on any atom is 0.417 e. The molecule has 41 heavy (non-hydrogen) atoms. The second kappa shape index (κ2) is 10.4. The van der Waals surface area contributed by atoms with Gasteiger partial charge in [-0.1, -0.05) is 24.3 Å². The number of amides is 2. The van der Waals surface area contributed by atoms with E-state index in [9.17, 15) is 18.0 Å². The number of imide groups is 1. The quantitative estimate of drug-likeness (QED) is 0.305. The van der Waals surface area contributed by atoms with Crippen LogP contribution < -0.4 is 0 Å². The molecule has 1 atom stereocenters. The predicted octanol–water partition coefficient (Wildman–Crippen LogP) is 5.44. The van der Waals surface area contributed by atoms with Gasteiger partial charge in [-0.2, -0.15) is 0 Å². The van der Waals surface area contributed by atoms with Gasteiger partial charge in [0.2, 0.25) is 5.91 Å². The van der Waals surface area contributed by atoms with Crippen molar-refractivity contribution in [1.29, 1.82) is 0 Å². The summed E-state index contributed by atoms with van der Waals surface area (Å²) in [6, 6.07) is 16.8. The average Bonchev–Trinajstić information content (AvgIpc) is 3.40. The van der Waals surface area contributed by atoms with Crippen molar-refractivity contribution >= 4 is 32.7 Å². The van der Waals surface area contributed by atoms with Gasteiger partial charge in [-0.05, 0) is 93.1 Å². The zero-order chi connectivity index (χ0) is 29.6.